The van der Waals surface area contributed by atoms with Gasteiger partial charge in [-0.15, -0.1) is 0 Å². The summed E-state index contributed by atoms with van der Waals surface area (Å²) in [6, 6.07) is 0. The molecule has 0 aromatic heterocycles. The molecule has 0 radical (unpaired) electrons. The average molecular weight is 113 g/mol. The molecule has 0 saturated carbocycles. The van der Waals surface area contributed by atoms with Crippen LogP contribution in [0.15, 0.2) is 0 Å². The van der Waals surface area contributed by atoms with E-state index in [1.165, 1.54) is 0 Å². The van der Waals surface area contributed by atoms with Crippen LogP contribution < -0.4 is 5.32 Å². The largest absolute Gasteiger partial charge is 0.368 e. The van der Waals surface area contributed by atoms with Crippen LogP contribution in [0, 0.1) is 0 Å². The maximum absolute atomic E-state index is 10.5. The quantitative estimate of drug-likeness (QED) is 0.521. The second-order valence-electron chi connectivity index (χ2n) is 2.27. The van der Waals surface area contributed by atoms with Crippen molar-refractivity contribution in [2.45, 2.75) is 19.7 Å². The lowest BCUT2D eigenvalue weighted by Crippen LogP contribution is -2.24. The summed E-state index contributed by atoms with van der Waals surface area (Å²) in [5, 5.41) is 2.56. The highest BCUT2D eigenvalue weighted by atomic mass is 16.1. The van der Waals surface area contributed by atoms with Crippen LogP contribution in [0.25, 0.3) is 0 Å². The summed E-state index contributed by atoms with van der Waals surface area (Å²) in [5.41, 5.74) is 0. The molecule has 2 nitrogen and oxygen atoms in total. The van der Waals surface area contributed by atoms with Crippen LogP contribution >= 0.6 is 0 Å². The van der Waals surface area contributed by atoms with Crippen LogP contribution in [0.2, 0.25) is 5.82 Å². The van der Waals surface area contributed by atoms with Gasteiger partial charge in [0.2, 0.25) is 7.28 Å². The predicted octanol–water partition coefficient (Wildman–Crippen LogP) is 0.591. The fourth-order valence-electron chi connectivity index (χ4n) is 0.473. The van der Waals surface area contributed by atoms with E-state index in [0.29, 0.717) is 13.1 Å². The van der Waals surface area contributed by atoms with E-state index in [1.807, 2.05) is 13.8 Å². The molecule has 0 saturated heterocycles. The van der Waals surface area contributed by atoms with E-state index in [1.54, 1.807) is 7.05 Å². The first-order chi connectivity index (χ1) is 3.66. The van der Waals surface area contributed by atoms with Gasteiger partial charge in [-0.3, -0.25) is 4.79 Å². The van der Waals surface area contributed by atoms with Gasteiger partial charge in [0.1, 0.15) is 0 Å². The number of nitrogens with one attached hydrogen (secondary N) is 1. The number of carbonyl (C=O) groups excluding carboxylic acids is 1. The Kier molecular flexibility index (Phi) is 3.32. The molecule has 8 heavy (non-hydrogen) atoms. The third-order valence-electron chi connectivity index (χ3n) is 0.872. The highest BCUT2D eigenvalue weighted by Crippen LogP contribution is 1.95. The Morgan fingerprint density at radius 3 is 2.25 bits per heavy atom. The maximum Gasteiger partial charge on any atom is 0.236 e. The number of rotatable bonds is 2. The molecular weight excluding hydrogens is 101 g/mol. The van der Waals surface area contributed by atoms with Crippen molar-refractivity contribution in [2.24, 2.45) is 0 Å². The first-order valence-electron chi connectivity index (χ1n) is 2.87. The lowest BCUT2D eigenvalue weighted by atomic mass is 9.66. The third kappa shape index (κ3) is 3.72. The van der Waals surface area contributed by atoms with Crippen molar-refractivity contribution in [3.63, 3.8) is 0 Å². The standard InChI is InChI=1S/C5H12BNO/c1-4(2)6-5(8)7-3/h4,6H,1-3H3,(H,7,8). The lowest BCUT2D eigenvalue weighted by Gasteiger charge is -1.98. The second kappa shape index (κ2) is 3.53. The Labute approximate surface area is 50.9 Å². The summed E-state index contributed by atoms with van der Waals surface area (Å²) in [6.07, 6.45) is 0. The highest BCUT2D eigenvalue weighted by molar-refractivity contribution is 6.74. The minimum absolute atomic E-state index is 0.125. The van der Waals surface area contributed by atoms with E-state index in [9.17, 15) is 4.79 Å². The molecule has 0 aliphatic heterocycles. The lowest BCUT2D eigenvalue weighted by molar-refractivity contribution is 0.260. The summed E-state index contributed by atoms with van der Waals surface area (Å²) in [5.74, 6) is 0.593. The third-order valence-corrected chi connectivity index (χ3v) is 0.872. The highest BCUT2D eigenvalue weighted by Gasteiger charge is 2.03. The monoisotopic (exact) mass is 113 g/mol. The van der Waals surface area contributed by atoms with Crippen LogP contribution in [0.1, 0.15) is 13.8 Å². The molecule has 0 atom stereocenters. The van der Waals surface area contributed by atoms with Gasteiger partial charge >= 0.3 is 0 Å². The Morgan fingerprint density at radius 2 is 2.12 bits per heavy atom. The molecule has 0 aliphatic rings. The van der Waals surface area contributed by atoms with Crippen molar-refractivity contribution in [3.05, 3.63) is 0 Å². The van der Waals surface area contributed by atoms with Gasteiger partial charge in [-0.2, -0.15) is 0 Å². The molecule has 1 amide bonds. The summed E-state index contributed by atoms with van der Waals surface area (Å²) in [6.45, 7) is 4.05. The molecule has 0 aromatic rings. The smallest absolute Gasteiger partial charge is 0.236 e. The first-order valence-corrected chi connectivity index (χ1v) is 2.87. The van der Waals surface area contributed by atoms with Crippen molar-refractivity contribution >= 4 is 13.1 Å². The molecule has 0 fully saturated rings. The normalized spacial score (nSPS) is 9.00. The zero-order valence-corrected chi connectivity index (χ0v) is 5.69. The molecule has 0 spiro atoms. The zero-order valence-electron chi connectivity index (χ0n) is 5.69. The second-order valence-corrected chi connectivity index (χ2v) is 2.27. The van der Waals surface area contributed by atoms with Crippen molar-refractivity contribution in [3.8, 4) is 0 Å². The van der Waals surface area contributed by atoms with E-state index in [2.05, 4.69) is 5.32 Å². The minimum Gasteiger partial charge on any atom is -0.368 e. The SMILES string of the molecule is CNC(=O)BC(C)C. The number of carbonyl (C=O) groups is 1. The van der Waals surface area contributed by atoms with E-state index in [0.717, 1.165) is 0 Å². The van der Waals surface area contributed by atoms with Crippen LogP contribution in [0.3, 0.4) is 0 Å². The van der Waals surface area contributed by atoms with Crippen LogP contribution in [0.4, 0.5) is 4.79 Å². The van der Waals surface area contributed by atoms with Gasteiger partial charge in [0.25, 0.3) is 0 Å². The summed E-state index contributed by atoms with van der Waals surface area (Å²) >= 11 is 0. The fraction of sp³-hybridized carbons (Fsp3) is 0.800. The minimum atomic E-state index is 0.125. The van der Waals surface area contributed by atoms with E-state index >= 15 is 0 Å². The van der Waals surface area contributed by atoms with Gasteiger partial charge in [-0.1, -0.05) is 19.7 Å². The molecular formula is C5H12BNO. The number of hydrogen-bond acceptors (Lipinski definition) is 1. The van der Waals surface area contributed by atoms with Crippen molar-refractivity contribution < 1.29 is 4.79 Å². The molecule has 0 heterocycles. The fourth-order valence-corrected chi connectivity index (χ4v) is 0.473. The molecule has 0 unspecified atom stereocenters. The number of hydrogen-bond donors (Lipinski definition) is 1. The molecule has 46 valence electrons. The van der Waals surface area contributed by atoms with Crippen molar-refractivity contribution in [2.75, 3.05) is 7.05 Å². The summed E-state index contributed by atoms with van der Waals surface area (Å²) in [4.78, 5) is 10.5. The Hall–Kier alpha value is -0.465. The molecule has 0 aliphatic carbocycles. The van der Waals surface area contributed by atoms with Gasteiger partial charge in [-0.05, 0) is 0 Å². The van der Waals surface area contributed by atoms with Crippen molar-refractivity contribution in [1.82, 2.24) is 5.32 Å². The van der Waals surface area contributed by atoms with Crippen LogP contribution in [0.5, 0.6) is 0 Å². The average Bonchev–Trinajstić information content (AvgIpc) is 1.65. The zero-order chi connectivity index (χ0) is 6.57. The van der Waals surface area contributed by atoms with Crippen molar-refractivity contribution in [1.29, 1.82) is 0 Å². The molecule has 1 N–H and O–H groups in total. The topological polar surface area (TPSA) is 29.1 Å². The number of amides is 1. The Bertz CT molecular complexity index is 82.5. The van der Waals surface area contributed by atoms with E-state index in [-0.39, 0.29) is 5.81 Å². The molecule has 0 aromatic carbocycles. The van der Waals surface area contributed by atoms with Crippen LogP contribution in [-0.2, 0) is 0 Å². The van der Waals surface area contributed by atoms with E-state index in [4.69, 9.17) is 0 Å². The first kappa shape index (κ1) is 7.53. The molecule has 3 heteroatoms. The van der Waals surface area contributed by atoms with E-state index < -0.39 is 0 Å². The Balaban J connectivity index is 3.25. The van der Waals surface area contributed by atoms with Gasteiger partial charge in [0.05, 0.1) is 0 Å². The molecule has 0 rings (SSSR count). The Morgan fingerprint density at radius 1 is 1.62 bits per heavy atom. The van der Waals surface area contributed by atoms with Gasteiger partial charge in [0, 0.05) is 7.05 Å². The van der Waals surface area contributed by atoms with Crippen LogP contribution in [-0.4, -0.2) is 20.1 Å². The van der Waals surface area contributed by atoms with Gasteiger partial charge in [0.15, 0.2) is 5.81 Å². The summed E-state index contributed by atoms with van der Waals surface area (Å²) < 4.78 is 0. The summed E-state index contributed by atoms with van der Waals surface area (Å²) in [7, 11) is 2.29. The van der Waals surface area contributed by atoms with Gasteiger partial charge in [-0.25, -0.2) is 0 Å². The van der Waals surface area contributed by atoms with Gasteiger partial charge < -0.3 is 5.32 Å². The predicted molar refractivity (Wildman–Crippen MR) is 36.7 cm³/mol. The molecule has 0 bridgehead atoms. The maximum atomic E-state index is 10.5.